The standard InChI is InChI=1S/C22H21ClN2O4S/c1-15-3-12-21(16(2)13-15)25-30(27,28)20-10-6-18(7-11-20)24-22(26)14-29-19-8-4-17(23)5-9-19/h3-13,25H,14H2,1-2H3,(H,24,26). The Balaban J connectivity index is 1.60. The van der Waals surface area contributed by atoms with Gasteiger partial charge in [0.2, 0.25) is 0 Å². The molecule has 0 aliphatic carbocycles. The normalized spacial score (nSPS) is 11.0. The zero-order valence-corrected chi connectivity index (χ0v) is 18.0. The largest absolute Gasteiger partial charge is 0.484 e. The van der Waals surface area contributed by atoms with Crippen molar-refractivity contribution >= 4 is 38.9 Å². The number of sulfonamides is 1. The average molecular weight is 445 g/mol. The van der Waals surface area contributed by atoms with Crippen LogP contribution in [-0.4, -0.2) is 20.9 Å². The monoisotopic (exact) mass is 444 g/mol. The first-order chi connectivity index (χ1) is 14.2. The maximum atomic E-state index is 12.6. The minimum atomic E-state index is -3.74. The van der Waals surface area contributed by atoms with E-state index in [9.17, 15) is 13.2 Å². The van der Waals surface area contributed by atoms with Gasteiger partial charge in [0.15, 0.2) is 6.61 Å². The molecule has 0 aromatic heterocycles. The lowest BCUT2D eigenvalue weighted by Gasteiger charge is -2.12. The highest BCUT2D eigenvalue weighted by molar-refractivity contribution is 7.92. The second-order valence-corrected chi connectivity index (χ2v) is 8.86. The summed E-state index contributed by atoms with van der Waals surface area (Å²) in [6, 6.07) is 18.1. The van der Waals surface area contributed by atoms with Crippen LogP contribution in [0.4, 0.5) is 11.4 Å². The van der Waals surface area contributed by atoms with Gasteiger partial charge in [-0.05, 0) is 74.0 Å². The van der Waals surface area contributed by atoms with Crippen LogP contribution in [0.3, 0.4) is 0 Å². The molecule has 0 heterocycles. The summed E-state index contributed by atoms with van der Waals surface area (Å²) in [6.45, 7) is 3.60. The van der Waals surface area contributed by atoms with Gasteiger partial charge in [-0.2, -0.15) is 0 Å². The Labute approximate surface area is 180 Å². The number of halogens is 1. The SMILES string of the molecule is Cc1ccc(NS(=O)(=O)c2ccc(NC(=O)COc3ccc(Cl)cc3)cc2)c(C)c1. The van der Waals surface area contributed by atoms with Gasteiger partial charge in [-0.25, -0.2) is 8.42 Å². The predicted octanol–water partition coefficient (Wildman–Crippen LogP) is 4.78. The molecular weight excluding hydrogens is 424 g/mol. The van der Waals surface area contributed by atoms with Gasteiger partial charge in [0.1, 0.15) is 5.75 Å². The van der Waals surface area contributed by atoms with Gasteiger partial charge < -0.3 is 10.1 Å². The summed E-state index contributed by atoms with van der Waals surface area (Å²) in [6.07, 6.45) is 0. The Morgan fingerprint density at radius 2 is 1.63 bits per heavy atom. The summed E-state index contributed by atoms with van der Waals surface area (Å²) in [4.78, 5) is 12.1. The molecule has 0 fully saturated rings. The van der Waals surface area contributed by atoms with E-state index in [0.717, 1.165) is 11.1 Å². The number of anilines is 2. The van der Waals surface area contributed by atoms with E-state index in [1.54, 1.807) is 30.3 Å². The number of amides is 1. The van der Waals surface area contributed by atoms with Gasteiger partial charge in [-0.15, -0.1) is 0 Å². The summed E-state index contributed by atoms with van der Waals surface area (Å²) >= 11 is 5.80. The fourth-order valence-electron chi connectivity index (χ4n) is 2.73. The lowest BCUT2D eigenvalue weighted by atomic mass is 10.1. The minimum Gasteiger partial charge on any atom is -0.484 e. The number of hydrogen-bond acceptors (Lipinski definition) is 4. The number of nitrogens with one attached hydrogen (secondary N) is 2. The van der Waals surface area contributed by atoms with Crippen LogP contribution in [-0.2, 0) is 14.8 Å². The zero-order valence-electron chi connectivity index (χ0n) is 16.5. The van der Waals surface area contributed by atoms with Crippen molar-refractivity contribution in [2.24, 2.45) is 0 Å². The predicted molar refractivity (Wildman–Crippen MR) is 119 cm³/mol. The third kappa shape index (κ3) is 5.75. The molecule has 0 saturated carbocycles. The van der Waals surface area contributed by atoms with Crippen molar-refractivity contribution in [2.45, 2.75) is 18.7 Å². The number of carbonyl (C=O) groups excluding carboxylic acids is 1. The van der Waals surface area contributed by atoms with E-state index in [4.69, 9.17) is 16.3 Å². The van der Waals surface area contributed by atoms with Crippen molar-refractivity contribution in [2.75, 3.05) is 16.6 Å². The topological polar surface area (TPSA) is 84.5 Å². The molecule has 3 aromatic carbocycles. The van der Waals surface area contributed by atoms with Crippen LogP contribution in [0.25, 0.3) is 0 Å². The molecule has 0 bridgehead atoms. The lowest BCUT2D eigenvalue weighted by molar-refractivity contribution is -0.118. The van der Waals surface area contributed by atoms with Gasteiger partial charge >= 0.3 is 0 Å². The van der Waals surface area contributed by atoms with E-state index in [2.05, 4.69) is 10.0 Å². The van der Waals surface area contributed by atoms with Crippen molar-refractivity contribution in [1.82, 2.24) is 0 Å². The smallest absolute Gasteiger partial charge is 0.262 e. The zero-order chi connectivity index (χ0) is 21.7. The third-order valence-electron chi connectivity index (χ3n) is 4.26. The van der Waals surface area contributed by atoms with Crippen molar-refractivity contribution < 1.29 is 17.9 Å². The molecule has 1 amide bonds. The molecule has 3 rings (SSSR count). The first-order valence-corrected chi connectivity index (χ1v) is 11.0. The molecule has 0 atom stereocenters. The number of hydrogen-bond donors (Lipinski definition) is 2. The molecule has 3 aromatic rings. The molecule has 30 heavy (non-hydrogen) atoms. The van der Waals surface area contributed by atoms with Crippen LogP contribution in [0.2, 0.25) is 5.02 Å². The Morgan fingerprint density at radius 3 is 2.27 bits per heavy atom. The molecule has 0 aliphatic heterocycles. The van der Waals surface area contributed by atoms with E-state index in [1.165, 1.54) is 24.3 Å². The Hall–Kier alpha value is -3.03. The van der Waals surface area contributed by atoms with Crippen molar-refractivity contribution in [3.8, 4) is 5.75 Å². The second kappa shape index (κ2) is 9.19. The number of ether oxygens (including phenoxy) is 1. The molecular formula is C22H21ClN2O4S. The van der Waals surface area contributed by atoms with E-state index in [-0.39, 0.29) is 17.4 Å². The van der Waals surface area contributed by atoms with E-state index in [0.29, 0.717) is 22.1 Å². The highest BCUT2D eigenvalue weighted by Gasteiger charge is 2.15. The number of carbonyl (C=O) groups is 1. The van der Waals surface area contributed by atoms with Crippen LogP contribution in [0.5, 0.6) is 5.75 Å². The first kappa shape index (κ1) is 21.7. The summed E-state index contributed by atoms with van der Waals surface area (Å²) < 4.78 is 33.2. The van der Waals surface area contributed by atoms with Crippen LogP contribution in [0, 0.1) is 13.8 Å². The maximum Gasteiger partial charge on any atom is 0.262 e. The van der Waals surface area contributed by atoms with E-state index >= 15 is 0 Å². The highest BCUT2D eigenvalue weighted by Crippen LogP contribution is 2.22. The molecule has 2 N–H and O–H groups in total. The van der Waals surface area contributed by atoms with Gasteiger partial charge in [0.25, 0.3) is 15.9 Å². The van der Waals surface area contributed by atoms with Crippen LogP contribution in [0.15, 0.2) is 71.6 Å². The molecule has 156 valence electrons. The van der Waals surface area contributed by atoms with Crippen molar-refractivity contribution in [1.29, 1.82) is 0 Å². The van der Waals surface area contributed by atoms with Gasteiger partial charge in [-0.3, -0.25) is 9.52 Å². The minimum absolute atomic E-state index is 0.0953. The Bertz CT molecular complexity index is 1140. The van der Waals surface area contributed by atoms with Gasteiger partial charge in [-0.1, -0.05) is 29.3 Å². The summed E-state index contributed by atoms with van der Waals surface area (Å²) in [7, 11) is -3.74. The maximum absolute atomic E-state index is 12.6. The van der Waals surface area contributed by atoms with Crippen LogP contribution < -0.4 is 14.8 Å². The number of benzene rings is 3. The third-order valence-corrected chi connectivity index (χ3v) is 5.89. The fraction of sp³-hybridized carbons (Fsp3) is 0.136. The quantitative estimate of drug-likeness (QED) is 0.549. The molecule has 6 nitrogen and oxygen atoms in total. The number of rotatable bonds is 7. The first-order valence-electron chi connectivity index (χ1n) is 9.11. The van der Waals surface area contributed by atoms with Crippen LogP contribution >= 0.6 is 11.6 Å². The molecule has 0 aliphatic rings. The molecule has 8 heteroatoms. The van der Waals surface area contributed by atoms with Gasteiger partial charge in [0.05, 0.1) is 10.6 Å². The average Bonchev–Trinajstić information content (AvgIpc) is 2.70. The summed E-state index contributed by atoms with van der Waals surface area (Å²) in [5.74, 6) is 0.155. The Kier molecular flexibility index (Phi) is 6.64. The van der Waals surface area contributed by atoms with Crippen LogP contribution in [0.1, 0.15) is 11.1 Å². The highest BCUT2D eigenvalue weighted by atomic mass is 35.5. The molecule has 0 radical (unpaired) electrons. The molecule has 0 spiro atoms. The summed E-state index contributed by atoms with van der Waals surface area (Å²) in [5, 5.41) is 3.24. The fourth-order valence-corrected chi connectivity index (χ4v) is 3.98. The molecule has 0 saturated heterocycles. The van der Waals surface area contributed by atoms with Crippen molar-refractivity contribution in [3.05, 3.63) is 82.9 Å². The molecule has 0 unspecified atom stereocenters. The summed E-state index contributed by atoms with van der Waals surface area (Å²) in [5.41, 5.74) is 2.88. The van der Waals surface area contributed by atoms with Crippen molar-refractivity contribution in [3.63, 3.8) is 0 Å². The van der Waals surface area contributed by atoms with E-state index in [1.807, 2.05) is 26.0 Å². The van der Waals surface area contributed by atoms with Gasteiger partial charge in [0, 0.05) is 10.7 Å². The second-order valence-electron chi connectivity index (χ2n) is 6.74. The Morgan fingerprint density at radius 1 is 0.967 bits per heavy atom. The number of aryl methyl sites for hydroxylation is 2. The van der Waals surface area contributed by atoms with E-state index < -0.39 is 10.0 Å². The lowest BCUT2D eigenvalue weighted by Crippen LogP contribution is -2.20.